The second kappa shape index (κ2) is 77.2. The zero-order valence-corrected chi connectivity index (χ0v) is 71.2. The van der Waals surface area contributed by atoms with Crippen molar-refractivity contribution in [1.29, 1.82) is 0 Å². The van der Waals surface area contributed by atoms with Crippen molar-refractivity contribution in [3.63, 3.8) is 0 Å². The van der Waals surface area contributed by atoms with Gasteiger partial charge in [0.1, 0.15) is 33.0 Å². The van der Waals surface area contributed by atoms with Crippen LogP contribution in [0.1, 0.15) is 222 Å². The Hall–Kier alpha value is -6.02. The van der Waals surface area contributed by atoms with Crippen LogP contribution in [0.25, 0.3) is 0 Å². The number of ether oxygens (including phenoxy) is 6. The molecule has 0 aromatic heterocycles. The van der Waals surface area contributed by atoms with Crippen molar-refractivity contribution >= 4 is 103 Å². The Morgan fingerprint density at radius 1 is 0.340 bits per heavy atom. The van der Waals surface area contributed by atoms with Crippen molar-refractivity contribution in [2.75, 3.05) is 43.5 Å². The topological polar surface area (TPSA) is 375 Å². The van der Waals surface area contributed by atoms with Gasteiger partial charge in [0.25, 0.3) is 0 Å². The third-order valence-electron chi connectivity index (χ3n) is 14.5. The van der Waals surface area contributed by atoms with Crippen molar-refractivity contribution in [2.24, 2.45) is 0 Å². The fourth-order valence-electron chi connectivity index (χ4n) is 8.66. The molecular formula is C78H113Br2ClCsN3O21. The second-order valence-electron chi connectivity index (χ2n) is 23.5. The van der Waals surface area contributed by atoms with Crippen LogP contribution >= 0.6 is 31.9 Å². The quantitative estimate of drug-likeness (QED) is 0.0125. The first-order valence-electron chi connectivity index (χ1n) is 35.5. The molecule has 0 atom stereocenters. The number of benzene rings is 4. The summed E-state index contributed by atoms with van der Waals surface area (Å²) in [7, 11) is 0. The maximum absolute atomic E-state index is 11.9. The minimum absolute atomic E-state index is 0. The van der Waals surface area contributed by atoms with Crippen LogP contribution in [0.3, 0.4) is 0 Å². The number of aliphatic carboxylic acids is 3. The van der Waals surface area contributed by atoms with E-state index in [0.717, 1.165) is 116 Å². The summed E-state index contributed by atoms with van der Waals surface area (Å²) in [4.78, 5) is 134. The Morgan fingerprint density at radius 3 is 0.906 bits per heavy atom. The zero-order chi connectivity index (χ0) is 76.0. The molecule has 0 bridgehead atoms. The number of esters is 4. The number of amides is 2. The Balaban J connectivity index is -0.000000644. The number of hydrogen-bond donors (Lipinski definition) is 5. The first-order valence-corrected chi connectivity index (χ1v) is 37.7. The van der Waals surface area contributed by atoms with E-state index in [1.807, 2.05) is 109 Å². The summed E-state index contributed by atoms with van der Waals surface area (Å²) in [5, 5.41) is 33.6. The van der Waals surface area contributed by atoms with Gasteiger partial charge >= 0.3 is 117 Å². The molecule has 0 saturated heterocycles. The van der Waals surface area contributed by atoms with Gasteiger partial charge in [0.05, 0.1) is 39.1 Å². The van der Waals surface area contributed by atoms with Crippen LogP contribution in [0.4, 0.5) is 9.59 Å². The van der Waals surface area contributed by atoms with Crippen LogP contribution in [0, 0.1) is 0 Å². The molecule has 106 heavy (non-hydrogen) atoms. The number of Topliss-reactive ketones (excluding diaryl/α,β-unsaturated/α-hetero) is 3. The molecule has 0 heterocycles. The molecule has 28 heteroatoms. The SMILES string of the molecule is C.O=C(CCC(=O)OCCCCCCCC(=O)OCc1ccccc1)CNC(=O)OCc1ccccc1.O=C(CCCCCCCBr)OCc1ccccc1.O=C(O)CCCCCCCBr.O=C([O-])CCC(=O)CNC(=O)OCc1ccccc1.[Cl-].[Cs+].[NH3+]CC(=O)CCC(=O)OCCCCCCCC(=O)O. The molecule has 4 rings (SSSR count). The smallest absolute Gasteiger partial charge is 1.00 e. The van der Waals surface area contributed by atoms with Crippen molar-refractivity contribution in [3.8, 4) is 0 Å². The zero-order valence-electron chi connectivity index (χ0n) is 61.0. The van der Waals surface area contributed by atoms with E-state index in [2.05, 4.69) is 48.2 Å². The minimum atomic E-state index is -1.29. The number of carboxylic acid groups (broad SMARTS) is 3. The van der Waals surface area contributed by atoms with E-state index in [0.29, 0.717) is 52.1 Å². The number of alkyl halides is 2. The first-order chi connectivity index (χ1) is 49.8. The molecular weight excluding hydrogens is 1640 g/mol. The van der Waals surface area contributed by atoms with Gasteiger partial charge in [0.15, 0.2) is 17.3 Å². The second-order valence-corrected chi connectivity index (χ2v) is 25.1. The van der Waals surface area contributed by atoms with Crippen LogP contribution in [0.5, 0.6) is 0 Å². The number of carbonyl (C=O) groups is 12. The average Bonchev–Trinajstić information content (AvgIpc) is 0.976. The van der Waals surface area contributed by atoms with Gasteiger partial charge in [-0.3, -0.25) is 43.2 Å². The van der Waals surface area contributed by atoms with E-state index in [4.69, 9.17) is 38.6 Å². The number of rotatable bonds is 52. The summed E-state index contributed by atoms with van der Waals surface area (Å²) >= 11 is 6.76. The fourth-order valence-corrected chi connectivity index (χ4v) is 9.45. The number of carboxylic acids is 3. The van der Waals surface area contributed by atoms with E-state index in [1.165, 1.54) is 38.5 Å². The van der Waals surface area contributed by atoms with Gasteiger partial charge in [-0.2, -0.15) is 0 Å². The number of nitrogens with one attached hydrogen (secondary N) is 2. The predicted octanol–water partition coefficient (Wildman–Crippen LogP) is 7.36. The van der Waals surface area contributed by atoms with Crippen LogP contribution in [0.15, 0.2) is 121 Å². The van der Waals surface area contributed by atoms with Gasteiger partial charge in [-0.05, 0) is 80.0 Å². The van der Waals surface area contributed by atoms with Crippen LogP contribution in [0.2, 0.25) is 0 Å². The van der Waals surface area contributed by atoms with Crippen LogP contribution < -0.4 is 103 Å². The Morgan fingerprint density at radius 2 is 0.604 bits per heavy atom. The first kappa shape index (κ1) is 106. The summed E-state index contributed by atoms with van der Waals surface area (Å²) < 4.78 is 30.5. The molecule has 0 spiro atoms. The summed E-state index contributed by atoms with van der Waals surface area (Å²) in [6.07, 6.45) is 19.5. The molecule has 0 unspecified atom stereocenters. The van der Waals surface area contributed by atoms with Crippen molar-refractivity contribution in [1.82, 2.24) is 10.6 Å². The number of carbonyl (C=O) groups excluding carboxylic acids is 10. The predicted molar refractivity (Wildman–Crippen MR) is 400 cm³/mol. The maximum atomic E-state index is 11.9. The number of hydrogen-bond acceptors (Lipinski definition) is 19. The Labute approximate surface area is 708 Å². The van der Waals surface area contributed by atoms with Gasteiger partial charge in [-0.25, -0.2) is 9.59 Å². The van der Waals surface area contributed by atoms with Crippen LogP contribution in [-0.4, -0.2) is 125 Å². The monoisotopic (exact) mass is 1750 g/mol. The molecule has 4 aromatic carbocycles. The number of halogens is 3. The third-order valence-corrected chi connectivity index (χ3v) is 15.6. The molecule has 4 aromatic rings. The molecule has 7 N–H and O–H groups in total. The van der Waals surface area contributed by atoms with Gasteiger partial charge in [0.2, 0.25) is 0 Å². The van der Waals surface area contributed by atoms with Crippen molar-refractivity contribution in [2.45, 2.75) is 226 Å². The van der Waals surface area contributed by atoms with E-state index in [-0.39, 0.29) is 202 Å². The molecule has 2 amide bonds. The molecule has 0 fully saturated rings. The Kier molecular flexibility index (Phi) is 77.4. The fraction of sp³-hybridized carbons (Fsp3) is 0.538. The number of quaternary nitrogens is 1. The third kappa shape index (κ3) is 74.8. The van der Waals surface area contributed by atoms with E-state index in [1.54, 1.807) is 12.1 Å². The summed E-state index contributed by atoms with van der Waals surface area (Å²) in [5.41, 5.74) is 7.15. The minimum Gasteiger partial charge on any atom is -1.00 e. The number of unbranched alkanes of at least 4 members (excludes halogenated alkanes) is 16. The summed E-state index contributed by atoms with van der Waals surface area (Å²) in [5.74, 6) is -4.47. The van der Waals surface area contributed by atoms with Gasteiger partial charge in [-0.15, -0.1) is 0 Å². The molecule has 0 aliphatic carbocycles. The summed E-state index contributed by atoms with van der Waals surface area (Å²) in [6, 6.07) is 37.7. The van der Waals surface area contributed by atoms with E-state index in [9.17, 15) is 62.6 Å². The molecule has 0 aliphatic rings. The van der Waals surface area contributed by atoms with Crippen molar-refractivity contribution in [3.05, 3.63) is 144 Å². The van der Waals surface area contributed by atoms with Gasteiger partial charge in [0, 0.05) is 61.6 Å². The average molecular weight is 1760 g/mol. The molecule has 0 saturated carbocycles. The molecule has 0 radical (unpaired) electrons. The normalized spacial score (nSPS) is 9.84. The largest absolute Gasteiger partial charge is 1.00 e. The standard InChI is InChI=1S/C28H35NO7.C15H21BrO2.C13H15NO5.C13H23NO5.C8H15BrO2.CH4.ClH.Cs/c30-25(20-29-28(33)36-22-24-14-8-5-9-15-24)17-18-27(32)34-19-11-3-1-2-10-16-26(31)35-21-23-12-6-4-7-13-23;16-12-8-3-1-2-7-11-15(17)18-13-14-9-5-4-6-10-14;15-11(6-7-12(16)17)8-14-13(18)19-9-10-4-2-1-3-5-10;14-10-11(15)7-8-13(18)19-9-5-3-1-2-4-6-12(16)17;9-7-5-3-1-2-4-6-8(10)11;;;/h4-9,12-15H,1-3,10-11,16-22H2,(H,29,33);4-6,9-10H,1-3,7-8,11-13H2;1-5H,6-9H2,(H,14,18)(H,16,17);1-10,14H2,(H,16,17);1-7H2,(H,10,11);1H4;1H;/q;;;;;;;+1/p-1. The maximum Gasteiger partial charge on any atom is 1.00 e. The van der Waals surface area contributed by atoms with Crippen LogP contribution in [-0.2, 0) is 103 Å². The molecule has 0 aliphatic heterocycles. The molecule has 24 nitrogen and oxygen atoms in total. The number of ketones is 3. The van der Waals surface area contributed by atoms with Gasteiger partial charge in [-0.1, -0.05) is 238 Å². The van der Waals surface area contributed by atoms with Gasteiger partial charge < -0.3 is 77.3 Å². The number of alkyl carbamates (subject to hydrolysis) is 2. The molecule has 588 valence electrons. The summed E-state index contributed by atoms with van der Waals surface area (Å²) in [6.45, 7) is 1.36. The van der Waals surface area contributed by atoms with Crippen molar-refractivity contribution < 1.29 is 188 Å². The Bertz CT molecular complexity index is 2950. The van der Waals surface area contributed by atoms with E-state index >= 15 is 0 Å². The van der Waals surface area contributed by atoms with E-state index < -0.39 is 36.1 Å².